The van der Waals surface area contributed by atoms with Gasteiger partial charge in [0.25, 0.3) is 0 Å². The number of hydrogen-bond acceptors (Lipinski definition) is 5. The van der Waals surface area contributed by atoms with Crippen LogP contribution < -0.4 is 5.32 Å². The molecule has 146 valence electrons. The smallest absolute Gasteiger partial charge is 0.237 e. The summed E-state index contributed by atoms with van der Waals surface area (Å²) in [5.41, 5.74) is 3.99. The molecule has 0 unspecified atom stereocenters. The Morgan fingerprint density at radius 1 is 1.14 bits per heavy atom. The van der Waals surface area contributed by atoms with Crippen LogP contribution >= 0.6 is 11.8 Å². The largest absolute Gasteiger partial charge is 0.325 e. The average Bonchev–Trinajstić information content (AvgIpc) is 3.16. The van der Waals surface area contributed by atoms with Crippen molar-refractivity contribution >= 4 is 23.4 Å². The molecule has 3 rings (SSSR count). The van der Waals surface area contributed by atoms with Crippen LogP contribution in [0.15, 0.2) is 53.7 Å². The van der Waals surface area contributed by atoms with E-state index in [2.05, 4.69) is 40.8 Å². The number of para-hydroxylation sites is 2. The molecule has 1 N–H and O–H groups in total. The van der Waals surface area contributed by atoms with Crippen molar-refractivity contribution < 1.29 is 4.79 Å². The van der Waals surface area contributed by atoms with Crippen LogP contribution in [0.3, 0.4) is 0 Å². The number of rotatable bonds is 7. The van der Waals surface area contributed by atoms with E-state index in [4.69, 9.17) is 0 Å². The number of aryl methyl sites for hydroxylation is 1. The van der Waals surface area contributed by atoms with E-state index in [-0.39, 0.29) is 11.2 Å². The van der Waals surface area contributed by atoms with Crippen LogP contribution in [0.2, 0.25) is 0 Å². The summed E-state index contributed by atoms with van der Waals surface area (Å²) in [4.78, 5) is 12.8. The minimum atomic E-state index is -0.348. The number of benzene rings is 2. The third-order valence-corrected chi connectivity index (χ3v) is 5.83. The summed E-state index contributed by atoms with van der Waals surface area (Å²) < 4.78 is 1.68. The first-order chi connectivity index (χ1) is 13.5. The fourth-order valence-corrected chi connectivity index (χ4v) is 3.71. The zero-order valence-corrected chi connectivity index (χ0v) is 17.4. The normalized spacial score (nSPS) is 13.1. The van der Waals surface area contributed by atoms with Gasteiger partial charge in [-0.1, -0.05) is 62.0 Å². The minimum absolute atomic E-state index is 0.0694. The highest BCUT2D eigenvalue weighted by Crippen LogP contribution is 2.29. The summed E-state index contributed by atoms with van der Waals surface area (Å²) in [7, 11) is 0. The monoisotopic (exact) mass is 395 g/mol. The standard InChI is InChI=1S/C21H25N5OS/c1-5-14(2)17-11-7-8-12-18(17)22-20(27)16(4)28-21-23-24-25-26(21)19-13-9-6-10-15(19)3/h6-14,16H,5H2,1-4H3,(H,22,27)/t14-,16-/m1/s1. The molecule has 1 heterocycles. The van der Waals surface area contributed by atoms with E-state index in [0.29, 0.717) is 11.1 Å². The first kappa shape index (κ1) is 20.1. The van der Waals surface area contributed by atoms with Crippen molar-refractivity contribution in [3.63, 3.8) is 0 Å². The van der Waals surface area contributed by atoms with Crippen LogP contribution in [0.5, 0.6) is 0 Å². The molecule has 6 nitrogen and oxygen atoms in total. The van der Waals surface area contributed by atoms with Crippen LogP contribution in [0.4, 0.5) is 5.69 Å². The van der Waals surface area contributed by atoms with Gasteiger partial charge in [-0.25, -0.2) is 0 Å². The summed E-state index contributed by atoms with van der Waals surface area (Å²) in [6, 6.07) is 15.9. The number of anilines is 1. The Morgan fingerprint density at radius 2 is 1.86 bits per heavy atom. The van der Waals surface area contributed by atoms with E-state index >= 15 is 0 Å². The van der Waals surface area contributed by atoms with Crippen molar-refractivity contribution in [2.24, 2.45) is 0 Å². The number of nitrogens with one attached hydrogen (secondary N) is 1. The molecule has 0 saturated heterocycles. The lowest BCUT2D eigenvalue weighted by Gasteiger charge is -2.17. The highest BCUT2D eigenvalue weighted by molar-refractivity contribution is 8.00. The number of nitrogens with zero attached hydrogens (tertiary/aromatic N) is 4. The summed E-state index contributed by atoms with van der Waals surface area (Å²) in [5.74, 6) is 0.313. The van der Waals surface area contributed by atoms with Crippen LogP contribution in [0, 0.1) is 6.92 Å². The van der Waals surface area contributed by atoms with E-state index in [1.807, 2.05) is 56.3 Å². The third-order valence-electron chi connectivity index (χ3n) is 4.80. The lowest BCUT2D eigenvalue weighted by Crippen LogP contribution is -2.23. The molecular formula is C21H25N5OS. The Balaban J connectivity index is 1.75. The van der Waals surface area contributed by atoms with Gasteiger partial charge in [0, 0.05) is 5.69 Å². The van der Waals surface area contributed by atoms with E-state index in [1.54, 1.807) is 4.68 Å². The van der Waals surface area contributed by atoms with Gasteiger partial charge in [-0.3, -0.25) is 4.79 Å². The van der Waals surface area contributed by atoms with Gasteiger partial charge in [0.05, 0.1) is 10.9 Å². The molecule has 0 aliphatic heterocycles. The molecule has 28 heavy (non-hydrogen) atoms. The summed E-state index contributed by atoms with van der Waals surface area (Å²) >= 11 is 1.34. The van der Waals surface area contributed by atoms with Gasteiger partial charge in [0.15, 0.2) is 0 Å². The second-order valence-electron chi connectivity index (χ2n) is 6.81. The number of aromatic nitrogens is 4. The maximum atomic E-state index is 12.8. The number of carbonyl (C=O) groups is 1. The molecule has 0 saturated carbocycles. The molecule has 0 aliphatic rings. The van der Waals surface area contributed by atoms with Crippen molar-refractivity contribution in [3.05, 3.63) is 59.7 Å². The van der Waals surface area contributed by atoms with Gasteiger partial charge in [0.1, 0.15) is 0 Å². The fraction of sp³-hybridized carbons (Fsp3) is 0.333. The quantitative estimate of drug-likeness (QED) is 0.592. The zero-order chi connectivity index (χ0) is 20.1. The number of thioether (sulfide) groups is 1. The van der Waals surface area contributed by atoms with E-state index < -0.39 is 0 Å². The van der Waals surface area contributed by atoms with Gasteiger partial charge < -0.3 is 5.32 Å². The second kappa shape index (κ2) is 9.01. The third kappa shape index (κ3) is 4.42. The Labute approximate surface area is 169 Å². The fourth-order valence-electron chi connectivity index (χ4n) is 2.91. The van der Waals surface area contributed by atoms with Gasteiger partial charge in [0.2, 0.25) is 11.1 Å². The Morgan fingerprint density at radius 3 is 2.61 bits per heavy atom. The molecule has 2 atom stereocenters. The number of carbonyl (C=O) groups excluding carboxylic acids is 1. The Bertz CT molecular complexity index is 955. The first-order valence-electron chi connectivity index (χ1n) is 9.42. The molecular weight excluding hydrogens is 370 g/mol. The molecule has 7 heteroatoms. The molecule has 1 amide bonds. The molecule has 3 aromatic rings. The second-order valence-corrected chi connectivity index (χ2v) is 8.11. The molecule has 2 aromatic carbocycles. The van der Waals surface area contributed by atoms with E-state index in [0.717, 1.165) is 28.9 Å². The zero-order valence-electron chi connectivity index (χ0n) is 16.6. The molecule has 1 aromatic heterocycles. The van der Waals surface area contributed by atoms with Crippen molar-refractivity contribution in [1.29, 1.82) is 0 Å². The highest BCUT2D eigenvalue weighted by atomic mass is 32.2. The Hall–Kier alpha value is -2.67. The number of tetrazole rings is 1. The van der Waals surface area contributed by atoms with Gasteiger partial charge in [-0.2, -0.15) is 4.68 Å². The predicted molar refractivity (Wildman–Crippen MR) is 113 cm³/mol. The van der Waals surface area contributed by atoms with E-state index in [1.165, 1.54) is 11.8 Å². The summed E-state index contributed by atoms with van der Waals surface area (Å²) in [5, 5.41) is 15.3. The maximum absolute atomic E-state index is 12.8. The lowest BCUT2D eigenvalue weighted by molar-refractivity contribution is -0.115. The van der Waals surface area contributed by atoms with Crippen molar-refractivity contribution in [2.45, 2.75) is 50.4 Å². The Kier molecular flexibility index (Phi) is 6.46. The van der Waals surface area contributed by atoms with Crippen LogP contribution in [-0.2, 0) is 4.79 Å². The van der Waals surface area contributed by atoms with Crippen molar-refractivity contribution in [3.8, 4) is 5.69 Å². The number of amides is 1. The van der Waals surface area contributed by atoms with Crippen molar-refractivity contribution in [1.82, 2.24) is 20.2 Å². The molecule has 0 aliphatic carbocycles. The minimum Gasteiger partial charge on any atom is -0.325 e. The summed E-state index contributed by atoms with van der Waals surface area (Å²) in [6.07, 6.45) is 1.02. The van der Waals surface area contributed by atoms with Crippen molar-refractivity contribution in [2.75, 3.05) is 5.32 Å². The average molecular weight is 396 g/mol. The molecule has 0 fully saturated rings. The maximum Gasteiger partial charge on any atom is 0.237 e. The molecule has 0 radical (unpaired) electrons. The van der Waals surface area contributed by atoms with Crippen LogP contribution in [-0.4, -0.2) is 31.4 Å². The number of hydrogen-bond donors (Lipinski definition) is 1. The van der Waals surface area contributed by atoms with Crippen LogP contribution in [0.1, 0.15) is 44.2 Å². The topological polar surface area (TPSA) is 72.7 Å². The highest BCUT2D eigenvalue weighted by Gasteiger charge is 2.21. The van der Waals surface area contributed by atoms with Gasteiger partial charge >= 0.3 is 0 Å². The van der Waals surface area contributed by atoms with Crippen LogP contribution in [0.25, 0.3) is 5.69 Å². The lowest BCUT2D eigenvalue weighted by atomic mass is 9.97. The van der Waals surface area contributed by atoms with Gasteiger partial charge in [-0.05, 0) is 59.9 Å². The molecule has 0 spiro atoms. The predicted octanol–water partition coefficient (Wildman–Crippen LogP) is 4.60. The van der Waals surface area contributed by atoms with Gasteiger partial charge in [-0.15, -0.1) is 5.10 Å². The summed E-state index contributed by atoms with van der Waals surface area (Å²) in [6.45, 7) is 8.18. The SMILES string of the molecule is CC[C@@H](C)c1ccccc1NC(=O)[C@@H](C)Sc1nnnn1-c1ccccc1C. The first-order valence-corrected chi connectivity index (χ1v) is 10.3. The van der Waals surface area contributed by atoms with E-state index in [9.17, 15) is 4.79 Å². The molecule has 0 bridgehead atoms.